The van der Waals surface area contributed by atoms with E-state index in [1.165, 1.54) is 0 Å². The molecule has 0 bridgehead atoms. The van der Waals surface area contributed by atoms with Crippen molar-refractivity contribution >= 4 is 28.9 Å². The van der Waals surface area contributed by atoms with Crippen molar-refractivity contribution in [2.45, 2.75) is 6.92 Å². The number of aromatic nitrogens is 1. The lowest BCUT2D eigenvalue weighted by atomic mass is 10.2. The van der Waals surface area contributed by atoms with Gasteiger partial charge < -0.3 is 10.7 Å². The average molecular weight is 249 g/mol. The first-order valence-corrected chi connectivity index (χ1v) is 5.53. The van der Waals surface area contributed by atoms with E-state index in [4.69, 9.17) is 17.4 Å². The maximum Gasteiger partial charge on any atom is 0.142 e. The zero-order valence-electron chi connectivity index (χ0n) is 9.37. The predicted octanol–water partition coefficient (Wildman–Crippen LogP) is 3.07. The number of nitrogens with one attached hydrogen (secondary N) is 2. The number of anilines is 3. The molecule has 0 aliphatic carbocycles. The number of benzene rings is 1. The average Bonchev–Trinajstić information content (AvgIpc) is 2.34. The third-order valence-corrected chi connectivity index (χ3v) is 2.61. The highest BCUT2D eigenvalue weighted by atomic mass is 35.5. The van der Waals surface area contributed by atoms with Crippen LogP contribution in [0.3, 0.4) is 0 Å². The quantitative estimate of drug-likeness (QED) is 0.577. The first-order valence-electron chi connectivity index (χ1n) is 5.16. The molecular weight excluding hydrogens is 236 g/mol. The molecular formula is C12H13ClN4. The summed E-state index contributed by atoms with van der Waals surface area (Å²) in [5, 5.41) is 3.81. The van der Waals surface area contributed by atoms with Crippen LogP contribution in [0.5, 0.6) is 0 Å². The molecule has 2 aromatic rings. The van der Waals surface area contributed by atoms with E-state index >= 15 is 0 Å². The second-order valence-corrected chi connectivity index (χ2v) is 4.07. The van der Waals surface area contributed by atoms with Crippen LogP contribution in [0.1, 0.15) is 5.56 Å². The first kappa shape index (κ1) is 11.7. The van der Waals surface area contributed by atoms with Crippen LogP contribution in [0.2, 0.25) is 5.02 Å². The molecule has 1 aromatic carbocycles. The molecule has 0 saturated heterocycles. The molecule has 17 heavy (non-hydrogen) atoms. The van der Waals surface area contributed by atoms with Crippen molar-refractivity contribution < 1.29 is 0 Å². The van der Waals surface area contributed by atoms with Crippen LogP contribution < -0.4 is 16.6 Å². The van der Waals surface area contributed by atoms with Gasteiger partial charge in [0, 0.05) is 0 Å². The summed E-state index contributed by atoms with van der Waals surface area (Å²) >= 11 is 6.09. The second-order valence-electron chi connectivity index (χ2n) is 3.66. The van der Waals surface area contributed by atoms with Crippen LogP contribution in [0.25, 0.3) is 0 Å². The number of aryl methyl sites for hydroxylation is 1. The van der Waals surface area contributed by atoms with E-state index in [1.54, 1.807) is 6.07 Å². The Morgan fingerprint density at radius 1 is 1.18 bits per heavy atom. The molecule has 88 valence electrons. The number of pyridine rings is 1. The molecule has 4 N–H and O–H groups in total. The Hall–Kier alpha value is -1.78. The maximum atomic E-state index is 6.09. The number of hydrogen-bond donors (Lipinski definition) is 3. The summed E-state index contributed by atoms with van der Waals surface area (Å²) in [5.74, 6) is 6.58. The van der Waals surface area contributed by atoms with Gasteiger partial charge in [-0.3, -0.25) is 0 Å². The molecule has 4 nitrogen and oxygen atoms in total. The Labute approximate surface area is 105 Å². The normalized spacial score (nSPS) is 10.1. The molecule has 0 atom stereocenters. The maximum absolute atomic E-state index is 6.09. The summed E-state index contributed by atoms with van der Waals surface area (Å²) in [5.41, 5.74) is 4.45. The third-order valence-electron chi connectivity index (χ3n) is 2.28. The standard InChI is InChI=1S/C12H13ClN4/c1-8-5-6-9(13)10(7-8)15-11-3-2-4-12(16-11)17-14/h2-7H,14H2,1H3,(H2,15,16,17). The number of nitrogen functional groups attached to an aromatic ring is 1. The highest BCUT2D eigenvalue weighted by molar-refractivity contribution is 6.33. The smallest absolute Gasteiger partial charge is 0.142 e. The molecule has 0 saturated carbocycles. The molecule has 0 radical (unpaired) electrons. The summed E-state index contributed by atoms with van der Waals surface area (Å²) in [6, 6.07) is 11.3. The molecule has 1 heterocycles. The van der Waals surface area contributed by atoms with Gasteiger partial charge in [0.15, 0.2) is 0 Å². The highest BCUT2D eigenvalue weighted by Crippen LogP contribution is 2.25. The number of nitrogens with zero attached hydrogens (tertiary/aromatic N) is 1. The van der Waals surface area contributed by atoms with Gasteiger partial charge in [-0.15, -0.1) is 0 Å². The van der Waals surface area contributed by atoms with E-state index in [9.17, 15) is 0 Å². The van der Waals surface area contributed by atoms with Gasteiger partial charge in [0.25, 0.3) is 0 Å². The fraction of sp³-hybridized carbons (Fsp3) is 0.0833. The first-order chi connectivity index (χ1) is 8.19. The summed E-state index contributed by atoms with van der Waals surface area (Å²) in [6.45, 7) is 2.01. The molecule has 0 fully saturated rings. The van der Waals surface area contributed by atoms with Gasteiger partial charge >= 0.3 is 0 Å². The van der Waals surface area contributed by atoms with Crippen LogP contribution in [-0.2, 0) is 0 Å². The minimum Gasteiger partial charge on any atom is -0.339 e. The van der Waals surface area contributed by atoms with Gasteiger partial charge in [-0.25, -0.2) is 10.8 Å². The Balaban J connectivity index is 2.27. The van der Waals surface area contributed by atoms with Crippen LogP contribution in [0.4, 0.5) is 17.3 Å². The van der Waals surface area contributed by atoms with Gasteiger partial charge in [0.1, 0.15) is 11.6 Å². The molecule has 2 rings (SSSR count). The van der Waals surface area contributed by atoms with Crippen molar-refractivity contribution in [2.75, 3.05) is 10.7 Å². The SMILES string of the molecule is Cc1ccc(Cl)c(Nc2cccc(NN)n2)c1. The van der Waals surface area contributed by atoms with Gasteiger partial charge in [-0.05, 0) is 36.8 Å². The number of hydrogen-bond acceptors (Lipinski definition) is 4. The molecule has 0 amide bonds. The number of nitrogens with two attached hydrogens (primary N) is 1. The van der Waals surface area contributed by atoms with Crippen LogP contribution in [0.15, 0.2) is 36.4 Å². The summed E-state index contributed by atoms with van der Waals surface area (Å²) in [4.78, 5) is 4.25. The minimum atomic E-state index is 0.596. The highest BCUT2D eigenvalue weighted by Gasteiger charge is 2.02. The fourth-order valence-corrected chi connectivity index (χ4v) is 1.62. The van der Waals surface area contributed by atoms with Crippen molar-refractivity contribution in [3.63, 3.8) is 0 Å². The van der Waals surface area contributed by atoms with E-state index in [1.807, 2.05) is 37.3 Å². The van der Waals surface area contributed by atoms with E-state index in [-0.39, 0.29) is 0 Å². The Kier molecular flexibility index (Phi) is 3.46. The van der Waals surface area contributed by atoms with E-state index in [0.29, 0.717) is 16.7 Å². The Morgan fingerprint density at radius 3 is 2.71 bits per heavy atom. The second kappa shape index (κ2) is 5.03. The molecule has 0 aliphatic heterocycles. The van der Waals surface area contributed by atoms with E-state index < -0.39 is 0 Å². The fourth-order valence-electron chi connectivity index (χ4n) is 1.46. The number of halogens is 1. The molecule has 0 unspecified atom stereocenters. The third kappa shape index (κ3) is 2.87. The van der Waals surface area contributed by atoms with Gasteiger partial charge in [0.05, 0.1) is 10.7 Å². The van der Waals surface area contributed by atoms with Crippen molar-refractivity contribution in [2.24, 2.45) is 5.84 Å². The lowest BCUT2D eigenvalue weighted by Crippen LogP contribution is -2.09. The van der Waals surface area contributed by atoms with E-state index in [2.05, 4.69) is 15.7 Å². The van der Waals surface area contributed by atoms with Crippen LogP contribution in [0, 0.1) is 6.92 Å². The van der Waals surface area contributed by atoms with Crippen molar-refractivity contribution in [3.8, 4) is 0 Å². The minimum absolute atomic E-state index is 0.596. The Morgan fingerprint density at radius 2 is 1.94 bits per heavy atom. The summed E-state index contributed by atoms with van der Waals surface area (Å²) in [7, 11) is 0. The van der Waals surface area contributed by atoms with Gasteiger partial charge in [0.2, 0.25) is 0 Å². The topological polar surface area (TPSA) is 63.0 Å². The van der Waals surface area contributed by atoms with Crippen LogP contribution >= 0.6 is 11.6 Å². The number of rotatable bonds is 3. The molecule has 0 spiro atoms. The lowest BCUT2D eigenvalue weighted by molar-refractivity contribution is 1.22. The van der Waals surface area contributed by atoms with Gasteiger partial charge in [-0.2, -0.15) is 0 Å². The predicted molar refractivity (Wildman–Crippen MR) is 71.5 cm³/mol. The van der Waals surface area contributed by atoms with Crippen molar-refractivity contribution in [3.05, 3.63) is 47.0 Å². The number of hydrazine groups is 1. The van der Waals surface area contributed by atoms with Gasteiger partial charge in [-0.1, -0.05) is 23.7 Å². The summed E-state index contributed by atoms with van der Waals surface area (Å²) < 4.78 is 0. The zero-order valence-corrected chi connectivity index (χ0v) is 10.1. The lowest BCUT2D eigenvalue weighted by Gasteiger charge is -2.09. The van der Waals surface area contributed by atoms with Crippen molar-refractivity contribution in [1.82, 2.24) is 4.98 Å². The summed E-state index contributed by atoms with van der Waals surface area (Å²) in [6.07, 6.45) is 0. The monoisotopic (exact) mass is 248 g/mol. The molecule has 5 heteroatoms. The molecule has 1 aromatic heterocycles. The van der Waals surface area contributed by atoms with Crippen molar-refractivity contribution in [1.29, 1.82) is 0 Å². The van der Waals surface area contributed by atoms with E-state index in [0.717, 1.165) is 11.3 Å². The Bertz CT molecular complexity index is 528. The largest absolute Gasteiger partial charge is 0.339 e. The van der Waals surface area contributed by atoms with Crippen LogP contribution in [-0.4, -0.2) is 4.98 Å². The molecule has 0 aliphatic rings. The zero-order chi connectivity index (χ0) is 12.3.